The Morgan fingerprint density at radius 2 is 1.72 bits per heavy atom. The van der Waals surface area contributed by atoms with Crippen LogP contribution < -0.4 is 10.5 Å². The van der Waals surface area contributed by atoms with E-state index in [0.29, 0.717) is 63.7 Å². The standard InChI is InChI=1S/C32H30Cl2N6O3/c1-38-7-5-27-26(38)6-8-39(27)32(42)29-23-4-3-17-10-28(43-2)24(18-9-19(31(35)41)16-36-15-18)14-25(17)30(23)40(37-29)22-12-20(33)11-21(34)13-22/h9-16,26-27H,3-8H2,1-2H3,(H2,35,41). The number of nitrogens with two attached hydrogens (primary N) is 1. The Balaban J connectivity index is 1.42. The molecule has 0 spiro atoms. The SMILES string of the molecule is COc1cc2c(cc1-c1cncc(C(N)=O)c1)-c1c(c(C(=O)N3CCC4C3CCN4C)nn1-c1cc(Cl)cc(Cl)c1)CC2. The summed E-state index contributed by atoms with van der Waals surface area (Å²) in [5.74, 6) is 0.0407. The summed E-state index contributed by atoms with van der Waals surface area (Å²) in [4.78, 5) is 34.8. The first-order valence-corrected chi connectivity index (χ1v) is 15.0. The van der Waals surface area contributed by atoms with Crippen molar-refractivity contribution in [2.24, 2.45) is 5.73 Å². The number of hydrogen-bond acceptors (Lipinski definition) is 6. The van der Waals surface area contributed by atoms with Gasteiger partial charge in [-0.25, -0.2) is 4.68 Å². The fraction of sp³-hybridized carbons (Fsp3) is 0.312. The number of ether oxygens (including phenoxy) is 1. The zero-order valence-electron chi connectivity index (χ0n) is 23.8. The molecule has 1 aliphatic carbocycles. The lowest BCUT2D eigenvalue weighted by molar-refractivity contribution is 0.0726. The van der Waals surface area contributed by atoms with Crippen LogP contribution >= 0.6 is 23.2 Å². The second kappa shape index (κ2) is 10.7. The van der Waals surface area contributed by atoms with Gasteiger partial charge in [0.2, 0.25) is 5.91 Å². The number of hydrogen-bond donors (Lipinski definition) is 1. The molecule has 0 bridgehead atoms. The Kier molecular flexibility index (Phi) is 6.91. The number of benzene rings is 2. The molecule has 2 aliphatic heterocycles. The van der Waals surface area contributed by atoms with E-state index in [1.54, 1.807) is 42.3 Å². The van der Waals surface area contributed by atoms with Crippen molar-refractivity contribution in [2.75, 3.05) is 27.2 Å². The van der Waals surface area contributed by atoms with Crippen molar-refractivity contribution in [1.82, 2.24) is 24.6 Å². The second-order valence-corrected chi connectivity index (χ2v) is 12.3. The van der Waals surface area contributed by atoms with E-state index in [-0.39, 0.29) is 11.9 Å². The van der Waals surface area contributed by atoms with E-state index >= 15 is 0 Å². The Labute approximate surface area is 259 Å². The third-order valence-electron chi connectivity index (χ3n) is 9.05. The van der Waals surface area contributed by atoms with Gasteiger partial charge >= 0.3 is 0 Å². The number of primary amides is 1. The number of halogens is 2. The van der Waals surface area contributed by atoms with Crippen LogP contribution in [-0.4, -0.2) is 75.7 Å². The molecule has 2 aromatic heterocycles. The second-order valence-electron chi connectivity index (χ2n) is 11.4. The summed E-state index contributed by atoms with van der Waals surface area (Å²) in [6.45, 7) is 1.70. The zero-order valence-corrected chi connectivity index (χ0v) is 25.3. The fourth-order valence-electron chi connectivity index (χ4n) is 7.00. The first-order valence-electron chi connectivity index (χ1n) is 14.3. The van der Waals surface area contributed by atoms with Crippen molar-refractivity contribution in [3.05, 3.63) is 81.2 Å². The van der Waals surface area contributed by atoms with Gasteiger partial charge in [0.05, 0.1) is 24.1 Å². The molecule has 2 atom stereocenters. The van der Waals surface area contributed by atoms with Gasteiger partial charge in [0.15, 0.2) is 5.69 Å². The van der Waals surface area contributed by atoms with E-state index in [1.165, 1.54) is 6.20 Å². The van der Waals surface area contributed by atoms with Crippen molar-refractivity contribution in [1.29, 1.82) is 0 Å². The van der Waals surface area contributed by atoms with Gasteiger partial charge in [-0.05, 0) is 74.7 Å². The molecule has 2 unspecified atom stereocenters. The number of carbonyl (C=O) groups is 2. The Bertz CT molecular complexity index is 1780. The number of aryl methyl sites for hydroxylation is 1. The fourth-order valence-corrected chi connectivity index (χ4v) is 7.51. The summed E-state index contributed by atoms with van der Waals surface area (Å²) in [5.41, 5.74) is 12.1. The number of carbonyl (C=O) groups excluding carboxylic acids is 2. The highest BCUT2D eigenvalue weighted by Gasteiger charge is 2.44. The average molecular weight is 618 g/mol. The Morgan fingerprint density at radius 1 is 0.953 bits per heavy atom. The van der Waals surface area contributed by atoms with Gasteiger partial charge in [0, 0.05) is 69.9 Å². The van der Waals surface area contributed by atoms with Crippen molar-refractivity contribution >= 4 is 35.0 Å². The number of likely N-dealkylation sites (N-methyl/N-ethyl adjacent to an activating group) is 1. The lowest BCUT2D eigenvalue weighted by atomic mass is 9.86. The number of aromatic nitrogens is 3. The van der Waals surface area contributed by atoms with Crippen molar-refractivity contribution in [2.45, 2.75) is 37.8 Å². The smallest absolute Gasteiger partial charge is 0.274 e. The number of methoxy groups -OCH3 is 1. The minimum absolute atomic E-state index is 0.0403. The van der Waals surface area contributed by atoms with Gasteiger partial charge in [0.25, 0.3) is 5.91 Å². The van der Waals surface area contributed by atoms with E-state index in [9.17, 15) is 9.59 Å². The first kappa shape index (κ1) is 27.9. The summed E-state index contributed by atoms with van der Waals surface area (Å²) >= 11 is 12.9. The van der Waals surface area contributed by atoms with Crippen molar-refractivity contribution in [3.63, 3.8) is 0 Å². The van der Waals surface area contributed by atoms with E-state index < -0.39 is 5.91 Å². The number of rotatable bonds is 5. The monoisotopic (exact) mass is 616 g/mol. The van der Waals surface area contributed by atoms with Crippen LogP contribution in [0.4, 0.5) is 0 Å². The molecule has 7 rings (SSSR count). The zero-order chi connectivity index (χ0) is 30.0. The summed E-state index contributed by atoms with van der Waals surface area (Å²) in [6, 6.07) is 11.6. The van der Waals surface area contributed by atoms with Crippen LogP contribution in [0.3, 0.4) is 0 Å². The number of amides is 2. The van der Waals surface area contributed by atoms with Gasteiger partial charge in [-0.1, -0.05) is 23.2 Å². The van der Waals surface area contributed by atoms with Gasteiger partial charge in [-0.15, -0.1) is 0 Å². The van der Waals surface area contributed by atoms with Crippen molar-refractivity contribution < 1.29 is 14.3 Å². The summed E-state index contributed by atoms with van der Waals surface area (Å²) < 4.78 is 7.59. The van der Waals surface area contributed by atoms with E-state index in [4.69, 9.17) is 38.8 Å². The predicted molar refractivity (Wildman–Crippen MR) is 165 cm³/mol. The van der Waals surface area contributed by atoms with Crippen LogP contribution in [0, 0.1) is 0 Å². The molecule has 2 saturated heterocycles. The van der Waals surface area contributed by atoms with Gasteiger partial charge in [-0.2, -0.15) is 5.10 Å². The maximum Gasteiger partial charge on any atom is 0.274 e. The van der Waals surface area contributed by atoms with E-state index in [0.717, 1.165) is 47.3 Å². The summed E-state index contributed by atoms with van der Waals surface area (Å²) in [6.07, 6.45) is 6.38. The maximum atomic E-state index is 14.3. The average Bonchev–Trinajstić information content (AvgIpc) is 3.70. The number of fused-ring (bicyclic) bond motifs is 4. The molecule has 11 heteroatoms. The van der Waals surface area contributed by atoms with Crippen LogP contribution in [-0.2, 0) is 12.8 Å². The number of likely N-dealkylation sites (tertiary alicyclic amines) is 2. The molecule has 0 saturated carbocycles. The van der Waals surface area contributed by atoms with E-state index in [1.807, 2.05) is 17.0 Å². The third kappa shape index (κ3) is 4.67. The van der Waals surface area contributed by atoms with Crippen LogP contribution in [0.2, 0.25) is 10.0 Å². The molecule has 2 fully saturated rings. The number of pyridine rings is 1. The van der Waals surface area contributed by atoms with Crippen LogP contribution in [0.5, 0.6) is 5.75 Å². The van der Waals surface area contributed by atoms with Gasteiger partial charge in [0.1, 0.15) is 5.75 Å². The highest BCUT2D eigenvalue weighted by atomic mass is 35.5. The van der Waals surface area contributed by atoms with Gasteiger partial charge in [-0.3, -0.25) is 14.6 Å². The number of nitrogens with zero attached hydrogens (tertiary/aromatic N) is 5. The quantitative estimate of drug-likeness (QED) is 0.337. The maximum absolute atomic E-state index is 14.3. The Hall–Kier alpha value is -3.92. The molecule has 2 N–H and O–H groups in total. The molecule has 2 aromatic carbocycles. The lowest BCUT2D eigenvalue weighted by Gasteiger charge is -2.25. The molecule has 220 valence electrons. The molecule has 4 heterocycles. The van der Waals surface area contributed by atoms with Gasteiger partial charge < -0.3 is 20.3 Å². The molecular weight excluding hydrogens is 587 g/mol. The van der Waals surface area contributed by atoms with Crippen molar-refractivity contribution in [3.8, 4) is 33.8 Å². The molecular formula is C32H30Cl2N6O3. The predicted octanol–water partition coefficient (Wildman–Crippen LogP) is 5.03. The minimum atomic E-state index is -0.565. The molecule has 43 heavy (non-hydrogen) atoms. The first-order chi connectivity index (χ1) is 20.7. The molecule has 0 radical (unpaired) electrons. The largest absolute Gasteiger partial charge is 0.496 e. The van der Waals surface area contributed by atoms with Crippen LogP contribution in [0.25, 0.3) is 28.1 Å². The van der Waals surface area contributed by atoms with Crippen LogP contribution in [0.1, 0.15) is 44.8 Å². The molecule has 9 nitrogen and oxygen atoms in total. The third-order valence-corrected chi connectivity index (χ3v) is 9.49. The Morgan fingerprint density at radius 3 is 2.47 bits per heavy atom. The topological polar surface area (TPSA) is 107 Å². The minimum Gasteiger partial charge on any atom is -0.496 e. The summed E-state index contributed by atoms with van der Waals surface area (Å²) in [5, 5.41) is 5.93. The highest BCUT2D eigenvalue weighted by Crippen LogP contribution is 2.44. The lowest BCUT2D eigenvalue weighted by Crippen LogP contribution is -2.39. The molecule has 4 aromatic rings. The normalized spacial score (nSPS) is 19.2. The highest BCUT2D eigenvalue weighted by molar-refractivity contribution is 6.34. The van der Waals surface area contributed by atoms with Crippen LogP contribution in [0.15, 0.2) is 48.8 Å². The van der Waals surface area contributed by atoms with E-state index in [2.05, 4.69) is 16.9 Å². The molecule has 3 aliphatic rings. The summed E-state index contributed by atoms with van der Waals surface area (Å²) in [7, 11) is 3.75. The molecule has 2 amide bonds.